The number of hydrogen-bond acceptors (Lipinski definition) is 1. The van der Waals surface area contributed by atoms with Crippen molar-refractivity contribution >= 4 is 11.3 Å². The van der Waals surface area contributed by atoms with Gasteiger partial charge in [0.15, 0.2) is 0 Å². The molecule has 0 aliphatic rings. The predicted molar refractivity (Wildman–Crippen MR) is 87.4 cm³/mol. The molecule has 0 amide bonds. The maximum atomic E-state index is 5.45. The van der Waals surface area contributed by atoms with Crippen molar-refractivity contribution in [3.05, 3.63) is 82.7 Å². The molecule has 0 fully saturated rings. The van der Waals surface area contributed by atoms with Gasteiger partial charge in [-0.2, -0.15) is 0 Å². The summed E-state index contributed by atoms with van der Waals surface area (Å²) in [6.07, 6.45) is 0. The molecule has 0 saturated carbocycles. The Bertz CT molecular complexity index is 697. The molecule has 0 aliphatic heterocycles. The molecule has 3 aromatic rings. The van der Waals surface area contributed by atoms with E-state index < -0.39 is 0 Å². The van der Waals surface area contributed by atoms with Crippen LogP contribution in [0.1, 0.15) is 0 Å². The van der Waals surface area contributed by atoms with Crippen LogP contribution in [0.4, 0.5) is 0 Å². The van der Waals surface area contributed by atoms with E-state index in [2.05, 4.69) is 60.7 Å². The standard InChI is InChI=1S/C18H15OS/c1-19-16-12-17(14-8-4-2-5-9-14)20-18(13-16)15-10-6-3-7-11-15/h2-13H,1H3/q+1. The average molecular weight is 279 g/mol. The average Bonchev–Trinajstić information content (AvgIpc) is 2.56. The fourth-order valence-corrected chi connectivity index (χ4v) is 3.18. The summed E-state index contributed by atoms with van der Waals surface area (Å²) in [5.74, 6) is 0. The summed E-state index contributed by atoms with van der Waals surface area (Å²) < 4.78 is 5.45. The number of benzene rings is 2. The van der Waals surface area contributed by atoms with E-state index in [0.29, 0.717) is 0 Å². The minimum absolute atomic E-state index is 0.890. The van der Waals surface area contributed by atoms with Crippen molar-refractivity contribution in [1.29, 1.82) is 0 Å². The van der Waals surface area contributed by atoms with E-state index in [1.54, 1.807) is 18.4 Å². The number of rotatable bonds is 2. The quantitative estimate of drug-likeness (QED) is 0.607. The summed E-state index contributed by atoms with van der Waals surface area (Å²) in [7, 11) is 1.71. The van der Waals surface area contributed by atoms with Crippen LogP contribution in [0, 0.1) is 0 Å². The highest BCUT2D eigenvalue weighted by atomic mass is 32.1. The molecule has 0 atom stereocenters. The molecule has 20 heavy (non-hydrogen) atoms. The molecule has 1 aromatic heterocycles. The Labute approximate surface area is 122 Å². The molecule has 3 rings (SSSR count). The van der Waals surface area contributed by atoms with Crippen LogP contribution in [-0.2, 0) is 0 Å². The highest BCUT2D eigenvalue weighted by molar-refractivity contribution is 7.18. The van der Waals surface area contributed by atoms with Crippen LogP contribution in [0.2, 0.25) is 0 Å². The van der Waals surface area contributed by atoms with Gasteiger partial charge in [0, 0.05) is 9.75 Å². The van der Waals surface area contributed by atoms with Crippen LogP contribution in [0.15, 0.2) is 77.2 Å². The van der Waals surface area contributed by atoms with Gasteiger partial charge in [0.05, 0.1) is 12.1 Å². The van der Waals surface area contributed by atoms with Gasteiger partial charge in [0.25, 0.3) is 7.11 Å². The molecular weight excluding hydrogens is 264 g/mol. The molecule has 2 aromatic carbocycles. The summed E-state index contributed by atoms with van der Waals surface area (Å²) >= 11 is 1.78. The van der Waals surface area contributed by atoms with E-state index in [-0.39, 0.29) is 0 Å². The largest absolute Gasteiger partial charge is 0.345 e. The van der Waals surface area contributed by atoms with Gasteiger partial charge >= 0.3 is 5.43 Å². The first-order valence-electron chi connectivity index (χ1n) is 6.50. The minimum Gasteiger partial charge on any atom is -0.258 e. The Morgan fingerprint density at radius 2 is 1.15 bits per heavy atom. The predicted octanol–water partition coefficient (Wildman–Crippen LogP) is 4.61. The van der Waals surface area contributed by atoms with Crippen molar-refractivity contribution in [3.63, 3.8) is 0 Å². The van der Waals surface area contributed by atoms with Crippen molar-refractivity contribution in [2.75, 3.05) is 7.11 Å². The zero-order chi connectivity index (χ0) is 13.8. The lowest BCUT2D eigenvalue weighted by molar-refractivity contribution is 1.52. The van der Waals surface area contributed by atoms with Crippen molar-refractivity contribution in [2.45, 2.75) is 0 Å². The lowest BCUT2D eigenvalue weighted by Crippen LogP contribution is -1.99. The minimum atomic E-state index is 0.890. The summed E-state index contributed by atoms with van der Waals surface area (Å²) in [4.78, 5) is 2.42. The van der Waals surface area contributed by atoms with Crippen LogP contribution >= 0.6 is 11.3 Å². The molecule has 0 bridgehead atoms. The second-order valence-corrected chi connectivity index (χ2v) is 5.54. The van der Waals surface area contributed by atoms with Gasteiger partial charge in [-0.05, 0) is 11.1 Å². The highest BCUT2D eigenvalue weighted by Gasteiger charge is 2.07. The van der Waals surface area contributed by atoms with Gasteiger partial charge in [-0.15, -0.1) is 11.3 Å². The van der Waals surface area contributed by atoms with Crippen LogP contribution in [-0.4, -0.2) is 7.11 Å². The van der Waals surface area contributed by atoms with Gasteiger partial charge in [0.1, 0.15) is 0 Å². The van der Waals surface area contributed by atoms with E-state index >= 15 is 0 Å². The van der Waals surface area contributed by atoms with Crippen molar-refractivity contribution in [3.8, 4) is 20.9 Å². The molecule has 0 N–H and O–H groups in total. The molecule has 0 spiro atoms. The van der Waals surface area contributed by atoms with E-state index in [9.17, 15) is 0 Å². The lowest BCUT2D eigenvalue weighted by Gasteiger charge is -2.03. The van der Waals surface area contributed by atoms with E-state index in [0.717, 1.165) is 5.43 Å². The van der Waals surface area contributed by atoms with Gasteiger partial charge in [-0.3, -0.25) is 4.42 Å². The summed E-state index contributed by atoms with van der Waals surface area (Å²) in [6.45, 7) is 0. The second kappa shape index (κ2) is 5.85. The first kappa shape index (κ1) is 12.8. The molecule has 98 valence electrons. The van der Waals surface area contributed by atoms with Gasteiger partial charge in [0.2, 0.25) is 0 Å². The van der Waals surface area contributed by atoms with Crippen LogP contribution in [0.3, 0.4) is 0 Å². The first-order valence-corrected chi connectivity index (χ1v) is 7.31. The summed E-state index contributed by atoms with van der Waals surface area (Å²) in [5.41, 5.74) is 3.32. The Balaban J connectivity index is 2.19. The third kappa shape index (κ3) is 2.70. The van der Waals surface area contributed by atoms with Crippen molar-refractivity contribution < 1.29 is 0 Å². The summed E-state index contributed by atoms with van der Waals surface area (Å²) in [6, 6.07) is 25.0. The Hall–Kier alpha value is -2.19. The van der Waals surface area contributed by atoms with Crippen LogP contribution in [0.25, 0.3) is 20.9 Å². The Morgan fingerprint density at radius 1 is 0.700 bits per heavy atom. The van der Waals surface area contributed by atoms with E-state index in [1.165, 1.54) is 20.9 Å². The van der Waals surface area contributed by atoms with E-state index in [1.807, 2.05) is 12.1 Å². The van der Waals surface area contributed by atoms with Crippen molar-refractivity contribution in [1.82, 2.24) is 0 Å². The molecule has 0 saturated heterocycles. The number of hydrogen-bond donors (Lipinski definition) is 0. The van der Waals surface area contributed by atoms with Crippen molar-refractivity contribution in [2.24, 2.45) is 0 Å². The summed E-state index contributed by atoms with van der Waals surface area (Å²) in [5, 5.41) is 0. The molecular formula is C18H15OS+. The monoisotopic (exact) mass is 279 g/mol. The van der Waals surface area contributed by atoms with Crippen LogP contribution in [0.5, 0.6) is 0 Å². The molecule has 0 radical (unpaired) electrons. The van der Waals surface area contributed by atoms with Gasteiger partial charge in [-0.25, -0.2) is 0 Å². The molecule has 0 unspecified atom stereocenters. The first-order chi connectivity index (χ1) is 9.86. The van der Waals surface area contributed by atoms with E-state index in [4.69, 9.17) is 4.42 Å². The topological polar surface area (TPSA) is 11.3 Å². The smallest absolute Gasteiger partial charge is 0.258 e. The maximum Gasteiger partial charge on any atom is 0.345 e. The fourth-order valence-electron chi connectivity index (χ4n) is 2.08. The SMILES string of the molecule is C[O+]=c1cc(-c2ccccc2)sc(-c2ccccc2)c1. The molecule has 2 heteroatoms. The molecule has 1 heterocycles. The maximum absolute atomic E-state index is 5.45. The zero-order valence-electron chi connectivity index (χ0n) is 11.2. The van der Waals surface area contributed by atoms with Crippen LogP contribution < -0.4 is 5.43 Å². The Kier molecular flexibility index (Phi) is 3.75. The Morgan fingerprint density at radius 3 is 1.55 bits per heavy atom. The molecule has 0 aliphatic carbocycles. The third-order valence-electron chi connectivity index (χ3n) is 3.12. The second-order valence-electron chi connectivity index (χ2n) is 4.46. The third-order valence-corrected chi connectivity index (χ3v) is 4.27. The van der Waals surface area contributed by atoms with Gasteiger partial charge in [-0.1, -0.05) is 60.7 Å². The zero-order valence-corrected chi connectivity index (χ0v) is 12.1. The fraction of sp³-hybridized carbons (Fsp3) is 0.0556. The normalized spacial score (nSPS) is 10.2. The molecule has 1 nitrogen and oxygen atoms in total. The lowest BCUT2D eigenvalue weighted by atomic mass is 10.1. The van der Waals surface area contributed by atoms with Gasteiger partial charge < -0.3 is 0 Å². The highest BCUT2D eigenvalue weighted by Crippen LogP contribution is 2.30.